The average molecular weight is 466 g/mol. The molecule has 0 spiro atoms. The van der Waals surface area contributed by atoms with E-state index in [4.69, 9.17) is 16.3 Å². The topological polar surface area (TPSA) is 89.5 Å². The van der Waals surface area contributed by atoms with Gasteiger partial charge in [0.25, 0.3) is 5.91 Å². The zero-order chi connectivity index (χ0) is 23.7. The Labute approximate surface area is 193 Å². The molecule has 0 aliphatic heterocycles. The third-order valence-corrected chi connectivity index (χ3v) is 5.72. The largest absolute Gasteiger partial charge is 0.452 e. The van der Waals surface area contributed by atoms with Crippen molar-refractivity contribution in [3.05, 3.63) is 105 Å². The van der Waals surface area contributed by atoms with Crippen molar-refractivity contribution >= 4 is 35.0 Å². The number of amides is 1. The maximum absolute atomic E-state index is 13.0. The summed E-state index contributed by atoms with van der Waals surface area (Å²) in [5.41, 5.74) is 1.06. The van der Waals surface area contributed by atoms with Crippen molar-refractivity contribution in [1.29, 1.82) is 0 Å². The summed E-state index contributed by atoms with van der Waals surface area (Å²) in [6, 6.07) is 14.2. The zero-order valence-corrected chi connectivity index (χ0v) is 18.1. The molecule has 0 saturated heterocycles. The highest BCUT2D eigenvalue weighted by Crippen LogP contribution is 2.34. The van der Waals surface area contributed by atoms with Crippen LogP contribution in [0.4, 0.5) is 4.39 Å². The van der Waals surface area contributed by atoms with Crippen LogP contribution in [0.5, 0.6) is 0 Å². The first-order chi connectivity index (χ1) is 15.8. The summed E-state index contributed by atoms with van der Waals surface area (Å²) >= 11 is 6.34. The molecule has 0 unspecified atom stereocenters. The van der Waals surface area contributed by atoms with E-state index in [1.54, 1.807) is 25.1 Å². The van der Waals surface area contributed by atoms with Crippen molar-refractivity contribution < 1.29 is 28.3 Å². The maximum atomic E-state index is 13.0. The molecule has 0 aromatic heterocycles. The van der Waals surface area contributed by atoms with E-state index < -0.39 is 36.1 Å². The van der Waals surface area contributed by atoms with Gasteiger partial charge in [0, 0.05) is 16.7 Å². The molecule has 3 aromatic rings. The van der Waals surface area contributed by atoms with Crippen molar-refractivity contribution in [2.75, 3.05) is 6.61 Å². The van der Waals surface area contributed by atoms with E-state index in [1.807, 2.05) is 0 Å². The van der Waals surface area contributed by atoms with Crippen LogP contribution in [0, 0.1) is 5.82 Å². The Hall–Kier alpha value is -3.84. The first-order valence-corrected chi connectivity index (χ1v) is 10.4. The van der Waals surface area contributed by atoms with Gasteiger partial charge < -0.3 is 10.1 Å². The van der Waals surface area contributed by atoms with Gasteiger partial charge in [-0.15, -0.1) is 0 Å². The summed E-state index contributed by atoms with van der Waals surface area (Å²) in [7, 11) is 0. The van der Waals surface area contributed by atoms with Crippen LogP contribution in [-0.4, -0.2) is 30.0 Å². The number of fused-ring (bicyclic) bond motifs is 2. The van der Waals surface area contributed by atoms with Crippen LogP contribution in [0.2, 0.25) is 5.02 Å². The molecule has 0 fully saturated rings. The van der Waals surface area contributed by atoms with E-state index in [0.717, 1.165) is 0 Å². The van der Waals surface area contributed by atoms with Crippen LogP contribution in [0.15, 0.2) is 60.7 Å². The molecular formula is C25H17ClFNO5. The van der Waals surface area contributed by atoms with Gasteiger partial charge >= 0.3 is 5.97 Å². The fourth-order valence-corrected chi connectivity index (χ4v) is 3.96. The number of ketones is 2. The number of carbonyl (C=O) groups is 4. The van der Waals surface area contributed by atoms with Gasteiger partial charge in [0.15, 0.2) is 18.2 Å². The van der Waals surface area contributed by atoms with E-state index >= 15 is 0 Å². The molecule has 3 aromatic carbocycles. The van der Waals surface area contributed by atoms with Crippen LogP contribution in [0.3, 0.4) is 0 Å². The summed E-state index contributed by atoms with van der Waals surface area (Å²) < 4.78 is 18.1. The Morgan fingerprint density at radius 2 is 1.58 bits per heavy atom. The van der Waals surface area contributed by atoms with Crippen molar-refractivity contribution in [2.24, 2.45) is 0 Å². The maximum Gasteiger partial charge on any atom is 0.340 e. The molecule has 1 aliphatic carbocycles. The fraction of sp³-hybridized carbons (Fsp3) is 0.120. The quantitative estimate of drug-likeness (QED) is 0.444. The van der Waals surface area contributed by atoms with Crippen LogP contribution in [-0.2, 0) is 9.53 Å². The molecule has 166 valence electrons. The summed E-state index contributed by atoms with van der Waals surface area (Å²) in [5.74, 6) is -2.71. The normalized spacial score (nSPS) is 13.1. The highest BCUT2D eigenvalue weighted by atomic mass is 35.5. The number of ether oxygens (including phenoxy) is 1. The second kappa shape index (κ2) is 8.96. The van der Waals surface area contributed by atoms with Gasteiger partial charge in [0.05, 0.1) is 22.2 Å². The molecule has 1 atom stereocenters. The first kappa shape index (κ1) is 22.4. The predicted molar refractivity (Wildman–Crippen MR) is 118 cm³/mol. The van der Waals surface area contributed by atoms with E-state index in [2.05, 4.69) is 5.32 Å². The number of rotatable bonds is 5. The predicted octanol–water partition coefficient (Wildman–Crippen LogP) is 4.29. The zero-order valence-electron chi connectivity index (χ0n) is 17.4. The second-order valence-corrected chi connectivity index (χ2v) is 7.85. The number of carbonyl (C=O) groups excluding carboxylic acids is 4. The van der Waals surface area contributed by atoms with Crippen molar-refractivity contribution in [3.63, 3.8) is 0 Å². The third kappa shape index (κ3) is 4.27. The minimum Gasteiger partial charge on any atom is -0.452 e. The van der Waals surface area contributed by atoms with Crippen LogP contribution >= 0.6 is 11.6 Å². The Morgan fingerprint density at radius 1 is 0.939 bits per heavy atom. The number of hydrogen-bond donors (Lipinski definition) is 1. The number of halogens is 2. The van der Waals surface area contributed by atoms with Gasteiger partial charge in [-0.1, -0.05) is 48.0 Å². The van der Waals surface area contributed by atoms with Gasteiger partial charge in [-0.3, -0.25) is 14.4 Å². The molecule has 0 saturated carbocycles. The molecule has 0 bridgehead atoms. The molecule has 6 nitrogen and oxygen atoms in total. The van der Waals surface area contributed by atoms with Gasteiger partial charge in [-0.2, -0.15) is 0 Å². The number of benzene rings is 3. The summed E-state index contributed by atoms with van der Waals surface area (Å²) in [5, 5.41) is 2.44. The first-order valence-electron chi connectivity index (χ1n) is 10.0. The van der Waals surface area contributed by atoms with Crippen molar-refractivity contribution in [3.8, 4) is 0 Å². The number of hydrogen-bond acceptors (Lipinski definition) is 5. The SMILES string of the molecule is C[C@@H](NC(=O)COC(=O)c1ccc2c(c1Cl)C(=O)c1ccccc1C2=O)c1ccc(F)cc1. The van der Waals surface area contributed by atoms with Crippen molar-refractivity contribution in [2.45, 2.75) is 13.0 Å². The van der Waals surface area contributed by atoms with E-state index in [-0.39, 0.29) is 38.6 Å². The Morgan fingerprint density at radius 3 is 2.24 bits per heavy atom. The Balaban J connectivity index is 1.47. The molecule has 0 heterocycles. The fourth-order valence-electron chi connectivity index (χ4n) is 3.63. The highest BCUT2D eigenvalue weighted by Gasteiger charge is 2.33. The molecule has 1 aliphatic rings. The monoisotopic (exact) mass is 465 g/mol. The van der Waals surface area contributed by atoms with Gasteiger partial charge in [0.2, 0.25) is 0 Å². The van der Waals surface area contributed by atoms with E-state index in [9.17, 15) is 23.6 Å². The summed E-state index contributed by atoms with van der Waals surface area (Å²) in [6.07, 6.45) is 0. The van der Waals surface area contributed by atoms with E-state index in [1.165, 1.54) is 42.5 Å². The molecule has 8 heteroatoms. The lowest BCUT2D eigenvalue weighted by Gasteiger charge is -2.19. The molecule has 4 rings (SSSR count). The summed E-state index contributed by atoms with van der Waals surface area (Å²) in [6.45, 7) is 1.11. The van der Waals surface area contributed by atoms with E-state index in [0.29, 0.717) is 5.56 Å². The average Bonchev–Trinajstić information content (AvgIpc) is 2.81. The van der Waals surface area contributed by atoms with Gasteiger partial charge in [-0.05, 0) is 36.8 Å². The highest BCUT2D eigenvalue weighted by molar-refractivity contribution is 6.41. The van der Waals surface area contributed by atoms with Crippen LogP contribution in [0.25, 0.3) is 0 Å². The van der Waals surface area contributed by atoms with Crippen molar-refractivity contribution in [1.82, 2.24) is 5.32 Å². The van der Waals surface area contributed by atoms with Gasteiger partial charge in [-0.25, -0.2) is 9.18 Å². The van der Waals surface area contributed by atoms with Crippen LogP contribution < -0.4 is 5.32 Å². The molecule has 0 radical (unpaired) electrons. The van der Waals surface area contributed by atoms with Crippen LogP contribution in [0.1, 0.15) is 60.7 Å². The molecule has 33 heavy (non-hydrogen) atoms. The molecular weight excluding hydrogens is 449 g/mol. The smallest absolute Gasteiger partial charge is 0.340 e. The second-order valence-electron chi connectivity index (χ2n) is 7.47. The third-order valence-electron chi connectivity index (χ3n) is 5.33. The Bertz CT molecular complexity index is 1300. The lowest BCUT2D eigenvalue weighted by atomic mass is 9.83. The summed E-state index contributed by atoms with van der Waals surface area (Å²) in [4.78, 5) is 50.4. The lowest BCUT2D eigenvalue weighted by Crippen LogP contribution is -2.31. The minimum absolute atomic E-state index is 0.0656. The molecule has 1 N–H and O–H groups in total. The standard InChI is InChI=1S/C25H17ClFNO5/c1-13(14-6-8-15(27)9-7-14)28-20(29)12-33-25(32)19-11-10-18-21(22(19)26)24(31)17-5-3-2-4-16(17)23(18)30/h2-11,13H,12H2,1H3,(H,28,29)/t13-/m1/s1. The van der Waals surface area contributed by atoms with Gasteiger partial charge in [0.1, 0.15) is 5.82 Å². The Kier molecular flexibility index (Phi) is 6.07. The number of nitrogens with one attached hydrogen (secondary N) is 1. The number of esters is 1. The minimum atomic E-state index is -0.911. The lowest BCUT2D eigenvalue weighted by molar-refractivity contribution is -0.124. The molecule has 1 amide bonds.